The highest BCUT2D eigenvalue weighted by atomic mass is 16.5. The molecule has 0 aliphatic carbocycles. The molecular weight excluding hydrogens is 398 g/mol. The number of likely N-dealkylation sites (tertiary alicyclic amines) is 1. The lowest BCUT2D eigenvalue weighted by atomic mass is 10.0. The monoisotopic (exact) mass is 431 g/mol. The van der Waals surface area contributed by atoms with Crippen molar-refractivity contribution in [3.05, 3.63) is 29.6 Å². The summed E-state index contributed by atoms with van der Waals surface area (Å²) in [7, 11) is 4.91. The summed E-state index contributed by atoms with van der Waals surface area (Å²) in [5.41, 5.74) is 1.44. The second-order valence-corrected chi connectivity index (χ2v) is 7.61. The molecule has 0 saturated carbocycles. The van der Waals surface area contributed by atoms with E-state index in [-0.39, 0.29) is 11.9 Å². The first-order chi connectivity index (χ1) is 15.0. The summed E-state index contributed by atoms with van der Waals surface area (Å²) in [6.07, 6.45) is 3.83. The maximum atomic E-state index is 12.6. The smallest absolute Gasteiger partial charge is 0.276 e. The third-order valence-corrected chi connectivity index (χ3v) is 5.82. The van der Waals surface area contributed by atoms with Crippen molar-refractivity contribution >= 4 is 5.91 Å². The van der Waals surface area contributed by atoms with Gasteiger partial charge in [-0.1, -0.05) is 5.21 Å². The molecule has 1 aliphatic rings. The number of amides is 1. The van der Waals surface area contributed by atoms with Crippen LogP contribution in [0.5, 0.6) is 17.2 Å². The molecule has 31 heavy (non-hydrogen) atoms. The maximum Gasteiger partial charge on any atom is 0.276 e. The summed E-state index contributed by atoms with van der Waals surface area (Å²) < 4.78 is 18.3. The van der Waals surface area contributed by atoms with E-state index in [2.05, 4.69) is 15.2 Å². The number of methoxy groups -OCH3 is 3. The predicted octanol–water partition coefficient (Wildman–Crippen LogP) is 2.62. The molecule has 0 N–H and O–H groups in total. The summed E-state index contributed by atoms with van der Waals surface area (Å²) in [4.78, 5) is 16.7. The fourth-order valence-corrected chi connectivity index (χ4v) is 4.07. The van der Waals surface area contributed by atoms with E-state index in [1.165, 1.54) is 0 Å². The van der Waals surface area contributed by atoms with Gasteiger partial charge in [-0.2, -0.15) is 0 Å². The first-order valence-corrected chi connectivity index (χ1v) is 10.8. The molecule has 1 unspecified atom stereocenters. The molecule has 1 aliphatic heterocycles. The van der Waals surface area contributed by atoms with Crippen LogP contribution in [0.4, 0.5) is 0 Å². The van der Waals surface area contributed by atoms with E-state index >= 15 is 0 Å². The van der Waals surface area contributed by atoms with E-state index in [0.717, 1.165) is 43.8 Å². The van der Waals surface area contributed by atoms with Crippen molar-refractivity contribution in [3.8, 4) is 17.2 Å². The minimum atomic E-state index is -0.0704. The van der Waals surface area contributed by atoms with Crippen LogP contribution in [-0.4, -0.2) is 78.2 Å². The van der Waals surface area contributed by atoms with Crippen LogP contribution in [0.3, 0.4) is 0 Å². The Labute approximate surface area is 183 Å². The van der Waals surface area contributed by atoms with Gasteiger partial charge in [0.2, 0.25) is 0 Å². The molecule has 9 heteroatoms. The van der Waals surface area contributed by atoms with Gasteiger partial charge in [0.1, 0.15) is 5.75 Å². The molecular formula is C22H33N5O4. The van der Waals surface area contributed by atoms with Crippen LogP contribution < -0.4 is 14.2 Å². The molecule has 1 atom stereocenters. The van der Waals surface area contributed by atoms with Crippen molar-refractivity contribution in [2.75, 3.05) is 47.5 Å². The average molecular weight is 432 g/mol. The molecule has 9 nitrogen and oxygen atoms in total. The largest absolute Gasteiger partial charge is 0.496 e. The van der Waals surface area contributed by atoms with Crippen molar-refractivity contribution in [3.63, 3.8) is 0 Å². The van der Waals surface area contributed by atoms with Crippen LogP contribution in [0.25, 0.3) is 0 Å². The normalized spacial score (nSPS) is 16.7. The zero-order valence-electron chi connectivity index (χ0n) is 19.1. The summed E-state index contributed by atoms with van der Waals surface area (Å²) in [5.74, 6) is 2.03. The summed E-state index contributed by atoms with van der Waals surface area (Å²) >= 11 is 0. The lowest BCUT2D eigenvalue weighted by Crippen LogP contribution is -2.36. The molecule has 1 aromatic heterocycles. The summed E-state index contributed by atoms with van der Waals surface area (Å²) in [6, 6.07) is 4.00. The molecule has 1 amide bonds. The molecule has 1 aromatic carbocycles. The highest BCUT2D eigenvalue weighted by Crippen LogP contribution is 2.36. The number of benzene rings is 1. The predicted molar refractivity (Wildman–Crippen MR) is 117 cm³/mol. The lowest BCUT2D eigenvalue weighted by Gasteiger charge is -2.33. The zero-order valence-corrected chi connectivity index (χ0v) is 19.1. The highest BCUT2D eigenvalue weighted by molar-refractivity contribution is 5.91. The Hall–Kier alpha value is -2.81. The minimum absolute atomic E-state index is 0.0704. The summed E-state index contributed by atoms with van der Waals surface area (Å²) in [5, 5.41) is 8.41. The zero-order chi connectivity index (χ0) is 22.4. The van der Waals surface area contributed by atoms with Crippen molar-refractivity contribution in [2.45, 2.75) is 39.3 Å². The van der Waals surface area contributed by atoms with Gasteiger partial charge in [0.25, 0.3) is 5.91 Å². The number of piperidine rings is 1. The average Bonchev–Trinajstić information content (AvgIpc) is 3.30. The van der Waals surface area contributed by atoms with E-state index in [1.54, 1.807) is 32.4 Å². The van der Waals surface area contributed by atoms with Gasteiger partial charge >= 0.3 is 0 Å². The Kier molecular flexibility index (Phi) is 7.73. The number of aromatic nitrogens is 3. The van der Waals surface area contributed by atoms with Crippen molar-refractivity contribution in [1.29, 1.82) is 0 Å². The number of hydrogen-bond acceptors (Lipinski definition) is 7. The van der Waals surface area contributed by atoms with Crippen molar-refractivity contribution in [1.82, 2.24) is 24.8 Å². The molecule has 0 radical (unpaired) electrons. The Morgan fingerprint density at radius 2 is 1.77 bits per heavy atom. The number of ether oxygens (including phenoxy) is 3. The molecule has 2 aromatic rings. The number of carbonyl (C=O) groups excluding carboxylic acids is 1. The topological polar surface area (TPSA) is 82.0 Å². The fourth-order valence-electron chi connectivity index (χ4n) is 4.07. The van der Waals surface area contributed by atoms with Crippen LogP contribution in [0.2, 0.25) is 0 Å². The molecule has 2 heterocycles. The first-order valence-electron chi connectivity index (χ1n) is 10.8. The van der Waals surface area contributed by atoms with Gasteiger partial charge in [0.15, 0.2) is 17.2 Å². The second-order valence-electron chi connectivity index (χ2n) is 7.61. The van der Waals surface area contributed by atoms with Gasteiger partial charge in [-0.05, 0) is 39.3 Å². The number of carbonyl (C=O) groups is 1. The Bertz CT molecular complexity index is 881. The van der Waals surface area contributed by atoms with E-state index < -0.39 is 0 Å². The second kappa shape index (κ2) is 10.5. The van der Waals surface area contributed by atoms with E-state index in [9.17, 15) is 4.79 Å². The van der Waals surface area contributed by atoms with Gasteiger partial charge < -0.3 is 19.1 Å². The minimum Gasteiger partial charge on any atom is -0.496 e. The van der Waals surface area contributed by atoms with Crippen LogP contribution in [0, 0.1) is 0 Å². The van der Waals surface area contributed by atoms with Gasteiger partial charge in [-0.15, -0.1) is 5.10 Å². The van der Waals surface area contributed by atoms with Gasteiger partial charge in [-0.3, -0.25) is 9.69 Å². The highest BCUT2D eigenvalue weighted by Gasteiger charge is 2.25. The van der Waals surface area contributed by atoms with E-state index in [0.29, 0.717) is 30.3 Å². The van der Waals surface area contributed by atoms with Crippen LogP contribution in [-0.2, 0) is 6.54 Å². The third kappa shape index (κ3) is 5.10. The lowest BCUT2D eigenvalue weighted by molar-refractivity contribution is 0.0767. The molecule has 0 spiro atoms. The third-order valence-electron chi connectivity index (χ3n) is 5.82. The molecule has 0 bridgehead atoms. The van der Waals surface area contributed by atoms with Crippen LogP contribution >= 0.6 is 0 Å². The first kappa shape index (κ1) is 22.9. The Morgan fingerprint density at radius 1 is 1.10 bits per heavy atom. The van der Waals surface area contributed by atoms with E-state index in [4.69, 9.17) is 14.2 Å². The number of hydrogen-bond donors (Lipinski definition) is 0. The molecule has 1 fully saturated rings. The van der Waals surface area contributed by atoms with Gasteiger partial charge in [0.05, 0.1) is 33.6 Å². The van der Waals surface area contributed by atoms with Crippen molar-refractivity contribution < 1.29 is 19.0 Å². The Morgan fingerprint density at radius 3 is 2.42 bits per heavy atom. The van der Waals surface area contributed by atoms with Crippen LogP contribution in [0.15, 0.2) is 18.3 Å². The summed E-state index contributed by atoms with van der Waals surface area (Å²) in [6.45, 7) is 7.77. The fraction of sp³-hybridized carbons (Fsp3) is 0.591. The number of rotatable bonds is 9. The molecule has 1 saturated heterocycles. The SMILES string of the molecule is CCN(CC)C(=O)c1cn(C2CCCN(Cc3cc(OC)c(OC)cc3OC)C2)nn1. The maximum absolute atomic E-state index is 12.6. The number of nitrogens with zero attached hydrogens (tertiary/aromatic N) is 5. The van der Waals surface area contributed by atoms with Crippen LogP contribution in [0.1, 0.15) is 48.8 Å². The van der Waals surface area contributed by atoms with Gasteiger partial charge in [0, 0.05) is 37.8 Å². The van der Waals surface area contributed by atoms with Crippen molar-refractivity contribution in [2.24, 2.45) is 0 Å². The van der Waals surface area contributed by atoms with E-state index in [1.807, 2.05) is 30.7 Å². The Balaban J connectivity index is 1.73. The molecule has 3 rings (SSSR count). The van der Waals surface area contributed by atoms with Gasteiger partial charge in [-0.25, -0.2) is 4.68 Å². The standard InChI is InChI=1S/C22H33N5O4/c1-6-26(7-2)22(28)18-15-27(24-23-18)17-9-8-10-25(14-17)13-16-11-20(30-4)21(31-5)12-19(16)29-3/h11-12,15,17H,6-10,13-14H2,1-5H3. The quantitative estimate of drug-likeness (QED) is 0.604. The molecule has 170 valence electrons.